The van der Waals surface area contributed by atoms with Gasteiger partial charge in [0.15, 0.2) is 0 Å². The van der Waals surface area contributed by atoms with Gasteiger partial charge in [-0.3, -0.25) is 4.79 Å². The van der Waals surface area contributed by atoms with E-state index < -0.39 is 0 Å². The van der Waals surface area contributed by atoms with Crippen LogP contribution in [0.4, 0.5) is 5.69 Å². The highest BCUT2D eigenvalue weighted by atomic mass is 79.9. The molecule has 0 aliphatic rings. The molecular formula is C16H15Br2NO. The van der Waals surface area contributed by atoms with Gasteiger partial charge in [-0.05, 0) is 41.8 Å². The van der Waals surface area contributed by atoms with E-state index in [2.05, 4.69) is 37.2 Å². The molecule has 0 saturated carbocycles. The van der Waals surface area contributed by atoms with E-state index in [-0.39, 0.29) is 5.91 Å². The lowest BCUT2D eigenvalue weighted by molar-refractivity contribution is -0.115. The Labute approximate surface area is 135 Å². The standard InChI is InChI=1S/C16H15Br2NO/c17-9-8-12-4-6-15(7-5-12)19-16(20)11-13-2-1-3-14(18)10-13/h1-7,10H,8-9,11H2,(H,19,20). The predicted octanol–water partition coefficient (Wildman–Crippen LogP) is 4.57. The van der Waals surface area contributed by atoms with Crippen molar-refractivity contribution in [2.75, 3.05) is 10.6 Å². The minimum atomic E-state index is -0.00339. The summed E-state index contributed by atoms with van der Waals surface area (Å²) in [5.41, 5.74) is 3.09. The van der Waals surface area contributed by atoms with Gasteiger partial charge < -0.3 is 5.32 Å². The zero-order chi connectivity index (χ0) is 14.4. The van der Waals surface area contributed by atoms with Crippen molar-refractivity contribution < 1.29 is 4.79 Å². The van der Waals surface area contributed by atoms with E-state index >= 15 is 0 Å². The van der Waals surface area contributed by atoms with Crippen LogP contribution >= 0.6 is 31.9 Å². The van der Waals surface area contributed by atoms with Crippen molar-refractivity contribution in [3.63, 3.8) is 0 Å². The molecule has 0 radical (unpaired) electrons. The summed E-state index contributed by atoms with van der Waals surface area (Å²) in [5.74, 6) is -0.00339. The summed E-state index contributed by atoms with van der Waals surface area (Å²) in [6, 6.07) is 15.7. The Morgan fingerprint density at radius 1 is 1.05 bits per heavy atom. The molecule has 104 valence electrons. The lowest BCUT2D eigenvalue weighted by Gasteiger charge is -2.06. The molecule has 0 atom stereocenters. The molecule has 0 aliphatic carbocycles. The van der Waals surface area contributed by atoms with Crippen LogP contribution in [0.15, 0.2) is 53.0 Å². The third-order valence-electron chi connectivity index (χ3n) is 2.87. The molecule has 1 N–H and O–H groups in total. The van der Waals surface area contributed by atoms with E-state index in [1.165, 1.54) is 5.56 Å². The zero-order valence-corrected chi connectivity index (χ0v) is 14.1. The summed E-state index contributed by atoms with van der Waals surface area (Å²) in [5, 5.41) is 3.86. The summed E-state index contributed by atoms with van der Waals surface area (Å²) in [6.45, 7) is 0. The van der Waals surface area contributed by atoms with Gasteiger partial charge in [0.05, 0.1) is 6.42 Å². The summed E-state index contributed by atoms with van der Waals surface area (Å²) in [4.78, 5) is 12.0. The van der Waals surface area contributed by atoms with Gasteiger partial charge in [-0.25, -0.2) is 0 Å². The number of aryl methyl sites for hydroxylation is 1. The largest absolute Gasteiger partial charge is 0.326 e. The third kappa shape index (κ3) is 4.76. The normalized spacial score (nSPS) is 10.3. The molecule has 2 aromatic carbocycles. The zero-order valence-electron chi connectivity index (χ0n) is 10.9. The van der Waals surface area contributed by atoms with Crippen LogP contribution in [0.5, 0.6) is 0 Å². The second kappa shape index (κ2) is 7.60. The maximum absolute atomic E-state index is 12.0. The van der Waals surface area contributed by atoms with Crippen molar-refractivity contribution in [2.45, 2.75) is 12.8 Å². The number of carbonyl (C=O) groups excluding carboxylic acids is 1. The van der Waals surface area contributed by atoms with E-state index in [9.17, 15) is 4.79 Å². The van der Waals surface area contributed by atoms with Gasteiger partial charge in [0.2, 0.25) is 5.91 Å². The van der Waals surface area contributed by atoms with E-state index in [4.69, 9.17) is 0 Å². The van der Waals surface area contributed by atoms with Crippen molar-refractivity contribution >= 4 is 43.5 Å². The van der Waals surface area contributed by atoms with Gasteiger partial charge in [-0.2, -0.15) is 0 Å². The summed E-state index contributed by atoms with van der Waals surface area (Å²) < 4.78 is 0.988. The Morgan fingerprint density at radius 2 is 1.80 bits per heavy atom. The Kier molecular flexibility index (Phi) is 5.80. The Bertz CT molecular complexity index is 581. The van der Waals surface area contributed by atoms with Crippen molar-refractivity contribution in [1.82, 2.24) is 0 Å². The summed E-state index contributed by atoms with van der Waals surface area (Å²) in [7, 11) is 0. The first-order chi connectivity index (χ1) is 9.67. The van der Waals surface area contributed by atoms with Crippen molar-refractivity contribution in [2.24, 2.45) is 0 Å². The molecule has 2 aromatic rings. The fraction of sp³-hybridized carbons (Fsp3) is 0.188. The number of nitrogens with one attached hydrogen (secondary N) is 1. The van der Waals surface area contributed by atoms with Crippen LogP contribution in [0, 0.1) is 0 Å². The SMILES string of the molecule is O=C(Cc1cccc(Br)c1)Nc1ccc(CCBr)cc1. The van der Waals surface area contributed by atoms with Gasteiger partial charge in [-0.1, -0.05) is 56.1 Å². The van der Waals surface area contributed by atoms with Crippen LogP contribution in [0.1, 0.15) is 11.1 Å². The number of carbonyl (C=O) groups is 1. The molecular weight excluding hydrogens is 382 g/mol. The summed E-state index contributed by atoms with van der Waals surface area (Å²) >= 11 is 6.82. The monoisotopic (exact) mass is 395 g/mol. The topological polar surface area (TPSA) is 29.1 Å². The van der Waals surface area contributed by atoms with E-state index in [0.717, 1.165) is 27.5 Å². The third-order valence-corrected chi connectivity index (χ3v) is 3.76. The first-order valence-electron chi connectivity index (χ1n) is 6.36. The number of rotatable bonds is 5. The first-order valence-corrected chi connectivity index (χ1v) is 8.28. The van der Waals surface area contributed by atoms with E-state index in [0.29, 0.717) is 6.42 Å². The highest BCUT2D eigenvalue weighted by molar-refractivity contribution is 9.10. The molecule has 0 fully saturated rings. The van der Waals surface area contributed by atoms with Crippen LogP contribution < -0.4 is 5.32 Å². The fourth-order valence-electron chi connectivity index (χ4n) is 1.90. The molecule has 0 saturated heterocycles. The van der Waals surface area contributed by atoms with Gasteiger partial charge in [0.25, 0.3) is 0 Å². The van der Waals surface area contributed by atoms with Gasteiger partial charge in [0, 0.05) is 15.5 Å². The van der Waals surface area contributed by atoms with E-state index in [1.807, 2.05) is 48.5 Å². The molecule has 4 heteroatoms. The maximum atomic E-state index is 12.0. The highest BCUT2D eigenvalue weighted by Gasteiger charge is 2.04. The Hall–Kier alpha value is -1.13. The molecule has 0 heterocycles. The van der Waals surface area contributed by atoms with Crippen LogP contribution in [-0.4, -0.2) is 11.2 Å². The lowest BCUT2D eigenvalue weighted by Crippen LogP contribution is -2.14. The molecule has 0 bridgehead atoms. The molecule has 20 heavy (non-hydrogen) atoms. The van der Waals surface area contributed by atoms with Crippen LogP contribution in [-0.2, 0) is 17.6 Å². The average Bonchev–Trinajstić information content (AvgIpc) is 2.41. The van der Waals surface area contributed by atoms with Crippen LogP contribution in [0.25, 0.3) is 0 Å². The molecule has 0 unspecified atom stereocenters. The molecule has 2 rings (SSSR count). The smallest absolute Gasteiger partial charge is 0.228 e. The van der Waals surface area contributed by atoms with Gasteiger partial charge in [-0.15, -0.1) is 0 Å². The van der Waals surface area contributed by atoms with Gasteiger partial charge >= 0.3 is 0 Å². The summed E-state index contributed by atoms with van der Waals surface area (Å²) in [6.07, 6.45) is 1.37. The number of hydrogen-bond acceptors (Lipinski definition) is 1. The Balaban J connectivity index is 1.94. The molecule has 0 aliphatic heterocycles. The number of benzene rings is 2. The minimum Gasteiger partial charge on any atom is -0.326 e. The number of halogens is 2. The number of anilines is 1. The Morgan fingerprint density at radius 3 is 2.45 bits per heavy atom. The number of hydrogen-bond donors (Lipinski definition) is 1. The number of amides is 1. The van der Waals surface area contributed by atoms with Crippen molar-refractivity contribution in [3.05, 3.63) is 64.1 Å². The van der Waals surface area contributed by atoms with Crippen LogP contribution in [0.2, 0.25) is 0 Å². The molecule has 1 amide bonds. The average molecular weight is 397 g/mol. The lowest BCUT2D eigenvalue weighted by atomic mass is 10.1. The fourth-order valence-corrected chi connectivity index (χ4v) is 2.81. The predicted molar refractivity (Wildman–Crippen MR) is 90.4 cm³/mol. The minimum absolute atomic E-state index is 0.00339. The van der Waals surface area contributed by atoms with Crippen molar-refractivity contribution in [3.8, 4) is 0 Å². The van der Waals surface area contributed by atoms with Crippen LogP contribution in [0.3, 0.4) is 0 Å². The second-order valence-electron chi connectivity index (χ2n) is 4.49. The van der Waals surface area contributed by atoms with Crippen molar-refractivity contribution in [1.29, 1.82) is 0 Å². The first kappa shape index (κ1) is 15.3. The maximum Gasteiger partial charge on any atom is 0.228 e. The number of alkyl halides is 1. The quantitative estimate of drug-likeness (QED) is 0.737. The second-order valence-corrected chi connectivity index (χ2v) is 6.20. The molecule has 0 spiro atoms. The van der Waals surface area contributed by atoms with Gasteiger partial charge in [0.1, 0.15) is 0 Å². The molecule has 0 aromatic heterocycles. The molecule has 2 nitrogen and oxygen atoms in total. The highest BCUT2D eigenvalue weighted by Crippen LogP contribution is 2.14. The van der Waals surface area contributed by atoms with E-state index in [1.54, 1.807) is 0 Å².